The molecule has 0 spiro atoms. The van der Waals surface area contributed by atoms with Crippen LogP contribution in [0.5, 0.6) is 0 Å². The number of hydrogen-bond acceptors (Lipinski definition) is 5. The van der Waals surface area contributed by atoms with E-state index < -0.39 is 17.6 Å². The number of terminal acetylenes is 1. The lowest BCUT2D eigenvalue weighted by Crippen LogP contribution is -2.57. The van der Waals surface area contributed by atoms with E-state index in [-0.39, 0.29) is 30.6 Å². The summed E-state index contributed by atoms with van der Waals surface area (Å²) in [6.45, 7) is 12.2. The maximum atomic E-state index is 13.2. The molecule has 2 bridgehead atoms. The van der Waals surface area contributed by atoms with E-state index in [1.807, 2.05) is 20.8 Å². The second-order valence-electron chi connectivity index (χ2n) is 10.9. The number of hydrogen-bond donors (Lipinski definition) is 4. The zero-order valence-corrected chi connectivity index (χ0v) is 25.7. The zero-order valence-electron chi connectivity index (χ0n) is 25.7. The molecule has 0 aromatic carbocycles. The van der Waals surface area contributed by atoms with Crippen molar-refractivity contribution in [2.75, 3.05) is 0 Å². The number of nitrogens with one attached hydrogen (secondary N) is 4. The highest BCUT2D eigenvalue weighted by atomic mass is 19.4. The normalized spacial score (nSPS) is 19.6. The van der Waals surface area contributed by atoms with Crippen molar-refractivity contribution in [1.82, 2.24) is 30.4 Å². The first-order chi connectivity index (χ1) is 19.7. The van der Waals surface area contributed by atoms with Crippen LogP contribution < -0.4 is 10.6 Å². The Kier molecular flexibility index (Phi) is 14.0. The number of H-pyrrole nitrogens is 1. The van der Waals surface area contributed by atoms with Crippen molar-refractivity contribution >= 4 is 17.5 Å². The lowest BCUT2D eigenvalue weighted by atomic mass is 9.67. The van der Waals surface area contributed by atoms with Gasteiger partial charge in [0.1, 0.15) is 11.5 Å². The van der Waals surface area contributed by atoms with E-state index in [0.29, 0.717) is 47.8 Å². The predicted octanol–water partition coefficient (Wildman–Crippen LogP) is 5.99. The number of fused-ring (bicyclic) bond motifs is 2. The van der Waals surface area contributed by atoms with Gasteiger partial charge < -0.3 is 21.0 Å². The highest BCUT2D eigenvalue weighted by Gasteiger charge is 2.47. The molecule has 0 radical (unpaired) electrons. The Hall–Kier alpha value is -3.62. The Balaban J connectivity index is 0.000000456. The standard InChI is InChI=1S/C17H24F3N5O.C9H14N2O.C2H6.C2H2/c1-5-25-14(7-9-22-25)15(26)24-12(13-10-21-11(2)23-13)6-8-16(3,4)17(18,19)20;1-5(10)2-8-6-3-7(4-6)11-9(8)12;2*1-2/h7,9-10,12H,5-6,8H2,1-4H3,(H,21,23)(H,24,26);6-8,10H,2-4H2,1H3,(H,11,12);1-2H3;1-2H. The van der Waals surface area contributed by atoms with Crippen LogP contribution in [0.4, 0.5) is 13.2 Å². The second-order valence-corrected chi connectivity index (χ2v) is 10.9. The van der Waals surface area contributed by atoms with Gasteiger partial charge in [-0.15, -0.1) is 12.8 Å². The smallest absolute Gasteiger partial charge is 0.353 e. The van der Waals surface area contributed by atoms with Crippen LogP contribution in [0.2, 0.25) is 0 Å². The third kappa shape index (κ3) is 9.74. The molecule has 234 valence electrons. The van der Waals surface area contributed by atoms with Crippen molar-refractivity contribution in [2.45, 2.75) is 105 Å². The van der Waals surface area contributed by atoms with Gasteiger partial charge in [-0.3, -0.25) is 14.3 Å². The Morgan fingerprint density at radius 1 is 1.26 bits per heavy atom. The summed E-state index contributed by atoms with van der Waals surface area (Å²) < 4.78 is 41.0. The van der Waals surface area contributed by atoms with Gasteiger partial charge in [0.05, 0.1) is 23.3 Å². The molecule has 3 fully saturated rings. The van der Waals surface area contributed by atoms with Gasteiger partial charge in [-0.05, 0) is 64.9 Å². The number of alkyl halides is 3. The fraction of sp³-hybridized carbons (Fsp3) is 0.633. The minimum Gasteiger partial charge on any atom is -0.353 e. The Bertz CT molecular complexity index is 1180. The number of amides is 2. The van der Waals surface area contributed by atoms with E-state index in [1.54, 1.807) is 19.9 Å². The molecule has 2 atom stereocenters. The third-order valence-electron chi connectivity index (χ3n) is 7.43. The maximum Gasteiger partial charge on any atom is 0.393 e. The molecule has 2 unspecified atom stereocenters. The summed E-state index contributed by atoms with van der Waals surface area (Å²) in [6.07, 6.45) is 9.67. The highest BCUT2D eigenvalue weighted by molar-refractivity contribution is 5.92. The van der Waals surface area contributed by atoms with Gasteiger partial charge in [0.2, 0.25) is 5.91 Å². The Morgan fingerprint density at radius 3 is 2.36 bits per heavy atom. The molecule has 4 N–H and O–H groups in total. The molecule has 9 nitrogen and oxygen atoms in total. The molecule has 42 heavy (non-hydrogen) atoms. The molecular formula is C30H46F3N7O2. The molecule has 2 saturated heterocycles. The van der Waals surface area contributed by atoms with Crippen LogP contribution in [0.1, 0.15) is 102 Å². The summed E-state index contributed by atoms with van der Waals surface area (Å²) >= 11 is 0. The minimum atomic E-state index is -4.31. The number of carbonyl (C=O) groups excluding carboxylic acids is 2. The van der Waals surface area contributed by atoms with Gasteiger partial charge in [-0.1, -0.05) is 27.7 Å². The van der Waals surface area contributed by atoms with E-state index in [9.17, 15) is 22.8 Å². The minimum absolute atomic E-state index is 0.104. The number of carbonyl (C=O) groups is 2. The van der Waals surface area contributed by atoms with Crippen LogP contribution in [-0.4, -0.2) is 49.5 Å². The molecular weight excluding hydrogens is 547 g/mol. The highest BCUT2D eigenvalue weighted by Crippen LogP contribution is 2.42. The summed E-state index contributed by atoms with van der Waals surface area (Å²) in [6, 6.07) is 1.43. The molecule has 2 aliphatic heterocycles. The number of aromatic amines is 1. The van der Waals surface area contributed by atoms with Crippen LogP contribution >= 0.6 is 0 Å². The maximum absolute atomic E-state index is 13.2. The largest absolute Gasteiger partial charge is 0.393 e. The predicted molar refractivity (Wildman–Crippen MR) is 158 cm³/mol. The van der Waals surface area contributed by atoms with Gasteiger partial charge >= 0.3 is 6.18 Å². The van der Waals surface area contributed by atoms with Crippen LogP contribution in [0.3, 0.4) is 0 Å². The lowest BCUT2D eigenvalue weighted by Gasteiger charge is -2.46. The number of halogens is 3. The molecule has 2 amide bonds. The summed E-state index contributed by atoms with van der Waals surface area (Å²) in [5.74, 6) is 1.10. The van der Waals surface area contributed by atoms with Crippen molar-refractivity contribution in [3.63, 3.8) is 0 Å². The van der Waals surface area contributed by atoms with E-state index in [1.165, 1.54) is 17.1 Å². The number of nitrogens with zero attached hydrogens (tertiary/aromatic N) is 3. The van der Waals surface area contributed by atoms with E-state index in [2.05, 4.69) is 38.5 Å². The van der Waals surface area contributed by atoms with Crippen molar-refractivity contribution in [3.05, 3.63) is 35.7 Å². The van der Waals surface area contributed by atoms with Gasteiger partial charge in [0.15, 0.2) is 0 Å². The monoisotopic (exact) mass is 593 g/mol. The van der Waals surface area contributed by atoms with Crippen LogP contribution in [0.25, 0.3) is 0 Å². The van der Waals surface area contributed by atoms with Crippen molar-refractivity contribution in [1.29, 1.82) is 5.41 Å². The lowest BCUT2D eigenvalue weighted by molar-refractivity contribution is -0.214. The average Bonchev–Trinajstić information content (AvgIpc) is 3.57. The van der Waals surface area contributed by atoms with Gasteiger partial charge in [-0.2, -0.15) is 18.3 Å². The molecule has 3 aliphatic rings. The molecule has 4 heterocycles. The first-order valence-corrected chi connectivity index (χ1v) is 14.3. The fourth-order valence-corrected chi connectivity index (χ4v) is 4.80. The Labute approximate surface area is 247 Å². The first-order valence-electron chi connectivity index (χ1n) is 14.3. The summed E-state index contributed by atoms with van der Waals surface area (Å²) in [4.78, 5) is 31.0. The number of aromatic nitrogens is 4. The Morgan fingerprint density at radius 2 is 1.88 bits per heavy atom. The van der Waals surface area contributed by atoms with Crippen molar-refractivity contribution in [3.8, 4) is 12.8 Å². The molecule has 12 heteroatoms. The first kappa shape index (κ1) is 36.4. The third-order valence-corrected chi connectivity index (χ3v) is 7.43. The quantitative estimate of drug-likeness (QED) is 0.210. The second kappa shape index (κ2) is 16.1. The molecule has 1 saturated carbocycles. The SMILES string of the molecule is C#C.CC.CC(=N)CC1C(=O)NC2CC1C2.CCn1nccc1C(=O)NC(CCC(C)(C)C(F)(F)F)c1cnc(C)[nH]1. The number of rotatable bonds is 9. The van der Waals surface area contributed by atoms with Crippen molar-refractivity contribution < 1.29 is 22.8 Å². The van der Waals surface area contributed by atoms with Crippen LogP contribution in [-0.2, 0) is 11.3 Å². The topological polar surface area (TPSA) is 129 Å². The molecule has 2 aromatic rings. The van der Waals surface area contributed by atoms with E-state index in [4.69, 9.17) is 5.41 Å². The molecule has 5 rings (SSSR count). The average molecular weight is 594 g/mol. The summed E-state index contributed by atoms with van der Waals surface area (Å²) in [5, 5.41) is 17.2. The van der Waals surface area contributed by atoms with E-state index in [0.717, 1.165) is 26.7 Å². The van der Waals surface area contributed by atoms with Crippen LogP contribution in [0, 0.1) is 42.4 Å². The molecule has 1 aliphatic carbocycles. The van der Waals surface area contributed by atoms with Gasteiger partial charge in [0, 0.05) is 30.4 Å². The fourth-order valence-electron chi connectivity index (χ4n) is 4.80. The molecule has 2 aromatic heterocycles. The zero-order chi connectivity index (χ0) is 32.3. The van der Waals surface area contributed by atoms with Crippen LogP contribution in [0.15, 0.2) is 18.5 Å². The van der Waals surface area contributed by atoms with Gasteiger partial charge in [-0.25, -0.2) is 4.98 Å². The number of piperidine rings is 2. The summed E-state index contributed by atoms with van der Waals surface area (Å²) in [5.41, 5.74) is -0.281. The number of imidazole rings is 1. The summed E-state index contributed by atoms with van der Waals surface area (Å²) in [7, 11) is 0. The number of aryl methyl sites for hydroxylation is 2. The van der Waals surface area contributed by atoms with Crippen molar-refractivity contribution in [2.24, 2.45) is 17.3 Å². The van der Waals surface area contributed by atoms with Gasteiger partial charge in [0.25, 0.3) is 5.91 Å². The van der Waals surface area contributed by atoms with E-state index >= 15 is 0 Å².